The van der Waals surface area contributed by atoms with Crippen molar-refractivity contribution < 1.29 is 9.50 Å². The lowest BCUT2D eigenvalue weighted by molar-refractivity contribution is 0.270. The molecule has 0 atom stereocenters. The SMILES string of the molecule is OCc1c[nH]c(=S)n1CCc1cccc(F)c1. The van der Waals surface area contributed by atoms with Crippen LogP contribution in [0.15, 0.2) is 30.5 Å². The van der Waals surface area contributed by atoms with Crippen LogP contribution in [0.5, 0.6) is 0 Å². The molecule has 2 N–H and O–H groups in total. The summed E-state index contributed by atoms with van der Waals surface area (Å²) in [6, 6.07) is 6.49. The van der Waals surface area contributed by atoms with Gasteiger partial charge in [-0.3, -0.25) is 0 Å². The van der Waals surface area contributed by atoms with Gasteiger partial charge in [0.15, 0.2) is 4.77 Å². The van der Waals surface area contributed by atoms with Crippen LogP contribution >= 0.6 is 12.2 Å². The van der Waals surface area contributed by atoms with Gasteiger partial charge in [-0.15, -0.1) is 0 Å². The maximum absolute atomic E-state index is 13.0. The largest absolute Gasteiger partial charge is 0.390 e. The lowest BCUT2D eigenvalue weighted by Crippen LogP contribution is -2.05. The number of imidazole rings is 1. The molecule has 0 saturated carbocycles. The molecule has 3 nitrogen and oxygen atoms in total. The molecule has 2 rings (SSSR count). The fraction of sp³-hybridized carbons (Fsp3) is 0.250. The van der Waals surface area contributed by atoms with E-state index in [1.807, 2.05) is 10.6 Å². The minimum Gasteiger partial charge on any atom is -0.390 e. The van der Waals surface area contributed by atoms with Gasteiger partial charge >= 0.3 is 0 Å². The van der Waals surface area contributed by atoms with Gasteiger partial charge in [0.1, 0.15) is 5.82 Å². The molecule has 2 aromatic rings. The molecule has 0 aliphatic heterocycles. The lowest BCUT2D eigenvalue weighted by atomic mass is 10.1. The molecule has 0 spiro atoms. The van der Waals surface area contributed by atoms with E-state index in [0.717, 1.165) is 11.3 Å². The van der Waals surface area contributed by atoms with Crippen LogP contribution in [-0.2, 0) is 19.6 Å². The van der Waals surface area contributed by atoms with Crippen molar-refractivity contribution in [3.63, 3.8) is 0 Å². The van der Waals surface area contributed by atoms with Gasteiger partial charge in [-0.2, -0.15) is 0 Å². The van der Waals surface area contributed by atoms with Crippen LogP contribution in [0, 0.1) is 10.6 Å². The maximum Gasteiger partial charge on any atom is 0.177 e. The van der Waals surface area contributed by atoms with Crippen LogP contribution in [0.4, 0.5) is 4.39 Å². The lowest BCUT2D eigenvalue weighted by Gasteiger charge is -2.06. The zero-order chi connectivity index (χ0) is 12.3. The first-order chi connectivity index (χ1) is 8.20. The van der Waals surface area contributed by atoms with Crippen molar-refractivity contribution in [3.8, 4) is 0 Å². The molecule has 1 aromatic heterocycles. The highest BCUT2D eigenvalue weighted by Gasteiger charge is 2.03. The summed E-state index contributed by atoms with van der Waals surface area (Å²) in [5.74, 6) is -0.234. The van der Waals surface area contributed by atoms with E-state index in [9.17, 15) is 4.39 Å². The van der Waals surface area contributed by atoms with Crippen molar-refractivity contribution in [2.24, 2.45) is 0 Å². The van der Waals surface area contributed by atoms with Gasteiger partial charge in [-0.25, -0.2) is 4.39 Å². The van der Waals surface area contributed by atoms with E-state index in [1.165, 1.54) is 12.1 Å². The molecular weight excluding hydrogens is 239 g/mol. The Morgan fingerprint density at radius 1 is 1.41 bits per heavy atom. The minimum absolute atomic E-state index is 0.0592. The summed E-state index contributed by atoms with van der Waals surface area (Å²) in [5, 5.41) is 9.13. The molecule has 0 fully saturated rings. The molecule has 5 heteroatoms. The van der Waals surface area contributed by atoms with Crippen molar-refractivity contribution in [1.29, 1.82) is 0 Å². The first-order valence-corrected chi connectivity index (χ1v) is 5.74. The number of aliphatic hydroxyl groups is 1. The van der Waals surface area contributed by atoms with Gasteiger partial charge in [-0.05, 0) is 36.3 Å². The Labute approximate surface area is 104 Å². The Hall–Kier alpha value is -1.46. The van der Waals surface area contributed by atoms with Crippen molar-refractivity contribution in [3.05, 3.63) is 52.3 Å². The number of halogens is 1. The number of nitrogens with zero attached hydrogens (tertiary/aromatic N) is 1. The van der Waals surface area contributed by atoms with E-state index in [-0.39, 0.29) is 12.4 Å². The molecule has 0 bridgehead atoms. The van der Waals surface area contributed by atoms with Gasteiger partial charge in [0.05, 0.1) is 12.3 Å². The number of hydrogen-bond donors (Lipinski definition) is 2. The third kappa shape index (κ3) is 2.81. The molecule has 0 amide bonds. The topological polar surface area (TPSA) is 40.9 Å². The van der Waals surface area contributed by atoms with Gasteiger partial charge < -0.3 is 14.7 Å². The molecule has 0 radical (unpaired) electrons. The summed E-state index contributed by atoms with van der Waals surface area (Å²) in [4.78, 5) is 2.88. The maximum atomic E-state index is 13.0. The number of benzene rings is 1. The number of aliphatic hydroxyl groups excluding tert-OH is 1. The molecule has 0 aliphatic rings. The van der Waals surface area contributed by atoms with Crippen molar-refractivity contribution in [1.82, 2.24) is 9.55 Å². The van der Waals surface area contributed by atoms with Gasteiger partial charge in [0, 0.05) is 12.7 Å². The monoisotopic (exact) mass is 252 g/mol. The van der Waals surface area contributed by atoms with Gasteiger partial charge in [-0.1, -0.05) is 12.1 Å². The second-order valence-electron chi connectivity index (χ2n) is 3.77. The van der Waals surface area contributed by atoms with E-state index >= 15 is 0 Å². The standard InChI is InChI=1S/C12H13FN2OS/c13-10-3-1-2-9(6-10)4-5-15-11(8-16)7-14-12(15)17/h1-3,6-7,16H,4-5,8H2,(H,14,17). The summed E-state index contributed by atoms with van der Waals surface area (Å²) >= 11 is 5.10. The van der Waals surface area contributed by atoms with Crippen LogP contribution in [0.3, 0.4) is 0 Å². The number of aromatic amines is 1. The van der Waals surface area contributed by atoms with Crippen LogP contribution in [-0.4, -0.2) is 14.7 Å². The Balaban J connectivity index is 2.12. The summed E-state index contributed by atoms with van der Waals surface area (Å²) in [6.45, 7) is 0.567. The number of H-pyrrole nitrogens is 1. The minimum atomic E-state index is -0.234. The van der Waals surface area contributed by atoms with Gasteiger partial charge in [0.2, 0.25) is 0 Å². The highest BCUT2D eigenvalue weighted by atomic mass is 32.1. The second-order valence-corrected chi connectivity index (χ2v) is 4.16. The molecule has 0 unspecified atom stereocenters. The fourth-order valence-electron chi connectivity index (χ4n) is 1.74. The van der Waals surface area contributed by atoms with Gasteiger partial charge in [0.25, 0.3) is 0 Å². The molecule has 0 saturated heterocycles. The molecule has 0 aliphatic carbocycles. The van der Waals surface area contributed by atoms with Crippen LogP contribution in [0.2, 0.25) is 0 Å². The molecular formula is C12H13FN2OS. The zero-order valence-corrected chi connectivity index (χ0v) is 10.0. The molecule has 90 valence electrons. The third-order valence-corrected chi connectivity index (χ3v) is 2.97. The Morgan fingerprint density at radius 3 is 2.94 bits per heavy atom. The van der Waals surface area contributed by atoms with E-state index in [4.69, 9.17) is 17.3 Å². The van der Waals surface area contributed by atoms with Crippen LogP contribution in [0.25, 0.3) is 0 Å². The Morgan fingerprint density at radius 2 is 2.24 bits per heavy atom. The summed E-state index contributed by atoms with van der Waals surface area (Å²) in [7, 11) is 0. The first-order valence-electron chi connectivity index (χ1n) is 5.33. The van der Waals surface area contributed by atoms with E-state index in [1.54, 1.807) is 12.3 Å². The molecule has 1 aromatic carbocycles. The number of aryl methyl sites for hydroxylation is 1. The number of hydrogen-bond acceptors (Lipinski definition) is 2. The average Bonchev–Trinajstić information content (AvgIpc) is 2.67. The predicted octanol–water partition coefficient (Wildman–Crippen LogP) is 2.42. The summed E-state index contributed by atoms with van der Waals surface area (Å²) in [6.07, 6.45) is 2.37. The fourth-order valence-corrected chi connectivity index (χ4v) is 2.01. The van der Waals surface area contributed by atoms with Crippen molar-refractivity contribution in [2.45, 2.75) is 19.6 Å². The van der Waals surface area contributed by atoms with Crippen LogP contribution in [0.1, 0.15) is 11.3 Å². The number of aromatic nitrogens is 2. The highest BCUT2D eigenvalue weighted by molar-refractivity contribution is 7.71. The van der Waals surface area contributed by atoms with E-state index < -0.39 is 0 Å². The van der Waals surface area contributed by atoms with Crippen molar-refractivity contribution in [2.75, 3.05) is 0 Å². The molecule has 1 heterocycles. The normalized spacial score (nSPS) is 10.7. The Bertz CT molecular complexity index is 562. The Kier molecular flexibility index (Phi) is 3.71. The van der Waals surface area contributed by atoms with E-state index in [2.05, 4.69) is 4.98 Å². The third-order valence-electron chi connectivity index (χ3n) is 2.63. The molecule has 17 heavy (non-hydrogen) atoms. The van der Waals surface area contributed by atoms with Crippen molar-refractivity contribution >= 4 is 12.2 Å². The second kappa shape index (κ2) is 5.25. The summed E-state index contributed by atoms with van der Waals surface area (Å²) < 4.78 is 15.4. The average molecular weight is 252 g/mol. The summed E-state index contributed by atoms with van der Waals surface area (Å²) in [5.41, 5.74) is 1.66. The number of nitrogens with one attached hydrogen (secondary N) is 1. The first kappa shape index (κ1) is 12.0. The quantitative estimate of drug-likeness (QED) is 0.820. The van der Waals surface area contributed by atoms with Crippen LogP contribution < -0.4 is 0 Å². The zero-order valence-electron chi connectivity index (χ0n) is 9.19. The number of rotatable bonds is 4. The van der Waals surface area contributed by atoms with E-state index in [0.29, 0.717) is 17.7 Å². The smallest absolute Gasteiger partial charge is 0.177 e. The highest BCUT2D eigenvalue weighted by Crippen LogP contribution is 2.08. The predicted molar refractivity (Wildman–Crippen MR) is 65.6 cm³/mol.